The highest BCUT2D eigenvalue weighted by atomic mass is 35.5. The maximum absolute atomic E-state index is 13.0. The Kier molecular flexibility index (Phi) is 8.27. The van der Waals surface area contributed by atoms with Crippen LogP contribution < -0.4 is 14.8 Å². The van der Waals surface area contributed by atoms with Gasteiger partial charge in [-0.3, -0.25) is 4.79 Å². The summed E-state index contributed by atoms with van der Waals surface area (Å²) in [5.41, 5.74) is 0.442. The van der Waals surface area contributed by atoms with Crippen LogP contribution in [0.2, 0.25) is 5.02 Å². The van der Waals surface area contributed by atoms with Crippen LogP contribution in [0.25, 0.3) is 0 Å². The number of carbonyl (C=O) groups is 2. The summed E-state index contributed by atoms with van der Waals surface area (Å²) in [6, 6.07) is 8.22. The average molecular weight is 424 g/mol. The molecule has 2 aromatic carbocycles. The molecule has 8 heteroatoms. The lowest BCUT2D eigenvalue weighted by Crippen LogP contribution is -2.21. The van der Waals surface area contributed by atoms with E-state index in [1.807, 2.05) is 20.8 Å². The van der Waals surface area contributed by atoms with Crippen LogP contribution in [0.1, 0.15) is 31.1 Å². The molecule has 1 amide bonds. The summed E-state index contributed by atoms with van der Waals surface area (Å²) >= 11 is 5.85. The molecule has 0 aliphatic rings. The van der Waals surface area contributed by atoms with Crippen molar-refractivity contribution in [1.29, 1.82) is 0 Å². The van der Waals surface area contributed by atoms with Gasteiger partial charge in [0.2, 0.25) is 0 Å². The largest absolute Gasteiger partial charge is 0.490 e. The van der Waals surface area contributed by atoms with E-state index in [1.54, 1.807) is 6.07 Å². The molecule has 0 unspecified atom stereocenters. The van der Waals surface area contributed by atoms with Gasteiger partial charge in [-0.15, -0.1) is 0 Å². The van der Waals surface area contributed by atoms with Crippen LogP contribution in [-0.4, -0.2) is 31.7 Å². The van der Waals surface area contributed by atoms with E-state index < -0.39 is 24.3 Å². The molecule has 29 heavy (non-hydrogen) atoms. The van der Waals surface area contributed by atoms with E-state index in [2.05, 4.69) is 5.32 Å². The number of hydrogen-bond donors (Lipinski definition) is 1. The summed E-state index contributed by atoms with van der Waals surface area (Å²) in [5, 5.41) is 2.50. The standard InChI is InChI=1S/C21H23ClFNO5/c1-4-27-19-9-14(5-8-18(19)28-11-13(2)3)21(26)29-12-20(25)24-17-7-6-15(23)10-16(17)22/h5-10,13H,4,11-12H2,1-3H3,(H,24,25). The third-order valence-electron chi connectivity index (χ3n) is 3.59. The molecule has 0 saturated heterocycles. The van der Waals surface area contributed by atoms with E-state index in [1.165, 1.54) is 18.2 Å². The monoisotopic (exact) mass is 423 g/mol. The number of ether oxygens (including phenoxy) is 3. The summed E-state index contributed by atoms with van der Waals surface area (Å²) in [6.45, 7) is 6.25. The minimum absolute atomic E-state index is 0.0445. The Balaban J connectivity index is 1.98. The predicted molar refractivity (Wildman–Crippen MR) is 108 cm³/mol. The molecule has 1 N–H and O–H groups in total. The molecule has 2 aromatic rings. The smallest absolute Gasteiger partial charge is 0.338 e. The second-order valence-corrected chi connectivity index (χ2v) is 6.96. The van der Waals surface area contributed by atoms with Crippen molar-refractivity contribution < 1.29 is 28.2 Å². The van der Waals surface area contributed by atoms with Gasteiger partial charge < -0.3 is 19.5 Å². The van der Waals surface area contributed by atoms with E-state index in [9.17, 15) is 14.0 Å². The zero-order valence-corrected chi connectivity index (χ0v) is 17.2. The van der Waals surface area contributed by atoms with Crippen LogP contribution >= 0.6 is 11.6 Å². The number of nitrogens with one attached hydrogen (secondary N) is 1. The lowest BCUT2D eigenvalue weighted by molar-refractivity contribution is -0.119. The Morgan fingerprint density at radius 3 is 2.52 bits per heavy atom. The first-order valence-electron chi connectivity index (χ1n) is 9.11. The van der Waals surface area contributed by atoms with Crippen molar-refractivity contribution in [2.45, 2.75) is 20.8 Å². The number of carbonyl (C=O) groups excluding carboxylic acids is 2. The SMILES string of the molecule is CCOc1cc(C(=O)OCC(=O)Nc2ccc(F)cc2Cl)ccc1OCC(C)C. The molecule has 0 bridgehead atoms. The van der Waals surface area contributed by atoms with E-state index >= 15 is 0 Å². The Bertz CT molecular complexity index is 872. The Labute approximate surface area is 173 Å². The van der Waals surface area contributed by atoms with Gasteiger partial charge in [0, 0.05) is 0 Å². The number of anilines is 1. The fourth-order valence-corrected chi connectivity index (χ4v) is 2.49. The first-order chi connectivity index (χ1) is 13.8. The Morgan fingerprint density at radius 1 is 1.10 bits per heavy atom. The van der Waals surface area contributed by atoms with Gasteiger partial charge >= 0.3 is 5.97 Å². The quantitative estimate of drug-likeness (QED) is 0.591. The highest BCUT2D eigenvalue weighted by Crippen LogP contribution is 2.29. The van der Waals surface area contributed by atoms with E-state index in [-0.39, 0.29) is 16.3 Å². The van der Waals surface area contributed by atoms with Crippen LogP contribution in [0.15, 0.2) is 36.4 Å². The van der Waals surface area contributed by atoms with Crippen LogP contribution in [0.3, 0.4) is 0 Å². The molecule has 0 atom stereocenters. The molecule has 0 saturated carbocycles. The second kappa shape index (κ2) is 10.7. The zero-order chi connectivity index (χ0) is 21.4. The lowest BCUT2D eigenvalue weighted by atomic mass is 10.2. The summed E-state index contributed by atoms with van der Waals surface area (Å²) in [7, 11) is 0. The van der Waals surface area contributed by atoms with Gasteiger partial charge in [-0.25, -0.2) is 9.18 Å². The van der Waals surface area contributed by atoms with Gasteiger partial charge in [0.05, 0.1) is 29.5 Å². The van der Waals surface area contributed by atoms with Crippen LogP contribution in [-0.2, 0) is 9.53 Å². The minimum atomic E-state index is -0.693. The van der Waals surface area contributed by atoms with Gasteiger partial charge in [-0.2, -0.15) is 0 Å². The van der Waals surface area contributed by atoms with Crippen LogP contribution in [0.5, 0.6) is 11.5 Å². The Morgan fingerprint density at radius 2 is 1.86 bits per heavy atom. The zero-order valence-electron chi connectivity index (χ0n) is 16.5. The van der Waals surface area contributed by atoms with E-state index in [0.29, 0.717) is 30.6 Å². The molecular formula is C21H23ClFNO5. The van der Waals surface area contributed by atoms with Gasteiger partial charge in [0.15, 0.2) is 18.1 Å². The van der Waals surface area contributed by atoms with Crippen molar-refractivity contribution in [1.82, 2.24) is 0 Å². The van der Waals surface area contributed by atoms with Crippen molar-refractivity contribution in [2.24, 2.45) is 5.92 Å². The van der Waals surface area contributed by atoms with Gasteiger partial charge in [0.1, 0.15) is 5.82 Å². The fourth-order valence-electron chi connectivity index (χ4n) is 2.27. The summed E-state index contributed by atoms with van der Waals surface area (Å²) in [4.78, 5) is 24.2. The average Bonchev–Trinajstić information content (AvgIpc) is 2.67. The van der Waals surface area contributed by atoms with Crippen molar-refractivity contribution in [3.8, 4) is 11.5 Å². The predicted octanol–water partition coefficient (Wildman–Crippen LogP) is 4.71. The lowest BCUT2D eigenvalue weighted by Gasteiger charge is -2.14. The third kappa shape index (κ3) is 6.94. The molecule has 2 rings (SSSR count). The van der Waals surface area contributed by atoms with Crippen molar-refractivity contribution in [3.05, 3.63) is 52.8 Å². The molecule has 0 aromatic heterocycles. The fraction of sp³-hybridized carbons (Fsp3) is 0.333. The van der Waals surface area contributed by atoms with Crippen LogP contribution in [0.4, 0.5) is 10.1 Å². The van der Waals surface area contributed by atoms with Gasteiger partial charge in [-0.05, 0) is 49.2 Å². The molecule has 0 radical (unpaired) electrons. The normalized spacial score (nSPS) is 10.6. The highest BCUT2D eigenvalue weighted by Gasteiger charge is 2.15. The first-order valence-corrected chi connectivity index (χ1v) is 9.49. The molecule has 0 aliphatic carbocycles. The maximum Gasteiger partial charge on any atom is 0.338 e. The molecule has 0 spiro atoms. The Hall–Kier alpha value is -2.80. The highest BCUT2D eigenvalue weighted by molar-refractivity contribution is 6.33. The van der Waals surface area contributed by atoms with Crippen LogP contribution in [0, 0.1) is 11.7 Å². The molecule has 0 fully saturated rings. The first kappa shape index (κ1) is 22.5. The number of benzene rings is 2. The summed E-state index contributed by atoms with van der Waals surface area (Å²) < 4.78 is 29.3. The molecule has 6 nitrogen and oxygen atoms in total. The summed E-state index contributed by atoms with van der Waals surface area (Å²) in [5.74, 6) is -0.533. The van der Waals surface area contributed by atoms with Gasteiger partial charge in [-0.1, -0.05) is 25.4 Å². The summed E-state index contributed by atoms with van der Waals surface area (Å²) in [6.07, 6.45) is 0. The van der Waals surface area contributed by atoms with Gasteiger partial charge in [0.25, 0.3) is 5.91 Å². The topological polar surface area (TPSA) is 73.9 Å². The molecule has 0 heterocycles. The number of hydrogen-bond acceptors (Lipinski definition) is 5. The number of amides is 1. The van der Waals surface area contributed by atoms with Crippen molar-refractivity contribution in [2.75, 3.05) is 25.1 Å². The van der Waals surface area contributed by atoms with Crippen molar-refractivity contribution in [3.63, 3.8) is 0 Å². The number of rotatable bonds is 9. The number of halogens is 2. The molecular weight excluding hydrogens is 401 g/mol. The van der Waals surface area contributed by atoms with E-state index in [0.717, 1.165) is 12.1 Å². The maximum atomic E-state index is 13.0. The molecule has 156 valence electrons. The van der Waals surface area contributed by atoms with E-state index in [4.69, 9.17) is 25.8 Å². The third-order valence-corrected chi connectivity index (χ3v) is 3.90. The molecule has 0 aliphatic heterocycles. The van der Waals surface area contributed by atoms with Crippen molar-refractivity contribution >= 4 is 29.2 Å². The second-order valence-electron chi connectivity index (χ2n) is 6.55. The number of esters is 1. The minimum Gasteiger partial charge on any atom is -0.490 e.